The molecule has 1 unspecified atom stereocenters. The van der Waals surface area contributed by atoms with Gasteiger partial charge in [-0.2, -0.15) is 0 Å². The summed E-state index contributed by atoms with van der Waals surface area (Å²) in [4.78, 5) is 22.4. The summed E-state index contributed by atoms with van der Waals surface area (Å²) < 4.78 is 0. The molecule has 3 heteroatoms. The minimum atomic E-state index is -0.338. The predicted octanol–water partition coefficient (Wildman–Crippen LogP) is 1.55. The third-order valence-corrected chi connectivity index (χ3v) is 3.04. The Morgan fingerprint density at radius 3 is 2.88 bits per heavy atom. The molecule has 0 bridgehead atoms. The van der Waals surface area contributed by atoms with Crippen molar-refractivity contribution in [3.8, 4) is 0 Å². The van der Waals surface area contributed by atoms with Crippen LogP contribution in [0.25, 0.3) is 0 Å². The van der Waals surface area contributed by atoms with Gasteiger partial charge < -0.3 is 5.73 Å². The van der Waals surface area contributed by atoms with E-state index in [2.05, 4.69) is 0 Å². The number of carbonyl (C=O) groups is 2. The topological polar surface area (TPSA) is 60.2 Å². The minimum Gasteiger partial charge on any atom is -0.369 e. The molecule has 0 radical (unpaired) electrons. The predicted molar refractivity (Wildman–Crippen MR) is 60.9 cm³/mol. The van der Waals surface area contributed by atoms with E-state index in [0.717, 1.165) is 24.0 Å². The first kappa shape index (κ1) is 10.9. The number of ketones is 1. The summed E-state index contributed by atoms with van der Waals surface area (Å²) in [5.74, 6) is 0.0129. The molecule has 0 aromatic heterocycles. The maximum absolute atomic E-state index is 11.6. The average molecular weight is 217 g/mol. The lowest BCUT2D eigenvalue weighted by molar-refractivity contribution is -0.118. The molecule has 1 aliphatic carbocycles. The molecule has 2 N–H and O–H groups in total. The van der Waals surface area contributed by atoms with E-state index in [-0.39, 0.29) is 18.2 Å². The Morgan fingerprint density at radius 2 is 2.25 bits per heavy atom. The van der Waals surface area contributed by atoms with Gasteiger partial charge in [-0.25, -0.2) is 0 Å². The molecule has 0 heterocycles. The SMILES string of the molecule is NC(=O)Cc1cccc(C2CCCC2=O)c1. The monoisotopic (exact) mass is 217 g/mol. The average Bonchev–Trinajstić information content (AvgIpc) is 2.64. The lowest BCUT2D eigenvalue weighted by Gasteiger charge is -2.09. The first-order valence-corrected chi connectivity index (χ1v) is 5.56. The van der Waals surface area contributed by atoms with Crippen LogP contribution in [0, 0.1) is 0 Å². The lowest BCUT2D eigenvalue weighted by Crippen LogP contribution is -2.14. The Kier molecular flexibility index (Phi) is 3.04. The number of hydrogen-bond acceptors (Lipinski definition) is 2. The summed E-state index contributed by atoms with van der Waals surface area (Å²) in [5, 5.41) is 0. The maximum atomic E-state index is 11.6. The van der Waals surface area contributed by atoms with Crippen LogP contribution in [0.1, 0.15) is 36.3 Å². The summed E-state index contributed by atoms with van der Waals surface area (Å²) in [5.41, 5.74) is 7.07. The number of hydrogen-bond donors (Lipinski definition) is 1. The van der Waals surface area contributed by atoms with Crippen LogP contribution in [-0.2, 0) is 16.0 Å². The van der Waals surface area contributed by atoms with Gasteiger partial charge in [0.05, 0.1) is 6.42 Å². The lowest BCUT2D eigenvalue weighted by atomic mass is 9.94. The van der Waals surface area contributed by atoms with Crippen molar-refractivity contribution in [2.24, 2.45) is 5.73 Å². The van der Waals surface area contributed by atoms with Crippen LogP contribution in [0.15, 0.2) is 24.3 Å². The molecular formula is C13H15NO2. The van der Waals surface area contributed by atoms with Gasteiger partial charge in [0.1, 0.15) is 5.78 Å². The third kappa shape index (κ3) is 2.30. The second-order valence-corrected chi connectivity index (χ2v) is 4.30. The fraction of sp³-hybridized carbons (Fsp3) is 0.385. The molecule has 0 saturated heterocycles. The van der Waals surface area contributed by atoms with Crippen LogP contribution in [0.2, 0.25) is 0 Å². The quantitative estimate of drug-likeness (QED) is 0.835. The second-order valence-electron chi connectivity index (χ2n) is 4.30. The zero-order valence-corrected chi connectivity index (χ0v) is 9.11. The van der Waals surface area contributed by atoms with Gasteiger partial charge in [0.25, 0.3) is 0 Å². The van der Waals surface area contributed by atoms with E-state index in [9.17, 15) is 9.59 Å². The molecule has 1 saturated carbocycles. The zero-order chi connectivity index (χ0) is 11.5. The number of carbonyl (C=O) groups excluding carboxylic acids is 2. The summed E-state index contributed by atoms with van der Waals surface area (Å²) in [6, 6.07) is 7.64. The van der Waals surface area contributed by atoms with Gasteiger partial charge in [0, 0.05) is 12.3 Å². The Hall–Kier alpha value is -1.64. The van der Waals surface area contributed by atoms with E-state index in [1.165, 1.54) is 0 Å². The van der Waals surface area contributed by atoms with Gasteiger partial charge in [-0.15, -0.1) is 0 Å². The van der Waals surface area contributed by atoms with Crippen molar-refractivity contribution in [3.05, 3.63) is 35.4 Å². The first-order valence-electron chi connectivity index (χ1n) is 5.56. The number of benzene rings is 1. The first-order chi connectivity index (χ1) is 7.66. The number of nitrogens with two attached hydrogens (primary N) is 1. The molecule has 1 amide bonds. The van der Waals surface area contributed by atoms with Crippen LogP contribution in [0.3, 0.4) is 0 Å². The third-order valence-electron chi connectivity index (χ3n) is 3.04. The Balaban J connectivity index is 2.21. The molecule has 2 rings (SSSR count). The van der Waals surface area contributed by atoms with E-state index in [1.807, 2.05) is 24.3 Å². The van der Waals surface area contributed by atoms with Crippen molar-refractivity contribution >= 4 is 11.7 Å². The smallest absolute Gasteiger partial charge is 0.221 e. The highest BCUT2D eigenvalue weighted by molar-refractivity contribution is 5.87. The molecule has 1 aliphatic rings. The van der Waals surface area contributed by atoms with E-state index >= 15 is 0 Å². The minimum absolute atomic E-state index is 0.0350. The Labute approximate surface area is 94.6 Å². The fourth-order valence-electron chi connectivity index (χ4n) is 2.29. The number of amides is 1. The van der Waals surface area contributed by atoms with Crippen LogP contribution < -0.4 is 5.73 Å². The molecule has 0 aliphatic heterocycles. The molecule has 1 aromatic carbocycles. The molecule has 1 aromatic rings. The highest BCUT2D eigenvalue weighted by Gasteiger charge is 2.25. The van der Waals surface area contributed by atoms with Gasteiger partial charge >= 0.3 is 0 Å². The number of primary amides is 1. The van der Waals surface area contributed by atoms with Crippen molar-refractivity contribution in [3.63, 3.8) is 0 Å². The standard InChI is InChI=1S/C13H15NO2/c14-13(16)8-9-3-1-4-10(7-9)11-5-2-6-12(11)15/h1,3-4,7,11H,2,5-6,8H2,(H2,14,16). The van der Waals surface area contributed by atoms with Crippen molar-refractivity contribution in [2.75, 3.05) is 0 Å². The molecular weight excluding hydrogens is 202 g/mol. The second kappa shape index (κ2) is 4.47. The number of rotatable bonds is 3. The van der Waals surface area contributed by atoms with Crippen molar-refractivity contribution < 1.29 is 9.59 Å². The summed E-state index contributed by atoms with van der Waals surface area (Å²) in [6.45, 7) is 0. The van der Waals surface area contributed by atoms with E-state index in [0.29, 0.717) is 12.2 Å². The summed E-state index contributed by atoms with van der Waals surface area (Å²) in [7, 11) is 0. The Bertz CT molecular complexity index is 426. The van der Waals surface area contributed by atoms with E-state index < -0.39 is 0 Å². The molecule has 1 fully saturated rings. The van der Waals surface area contributed by atoms with E-state index in [1.54, 1.807) is 0 Å². The molecule has 84 valence electrons. The molecule has 1 atom stereocenters. The summed E-state index contributed by atoms with van der Waals surface area (Å²) >= 11 is 0. The van der Waals surface area contributed by atoms with Crippen LogP contribution in [0.4, 0.5) is 0 Å². The highest BCUT2D eigenvalue weighted by atomic mass is 16.1. The van der Waals surface area contributed by atoms with Gasteiger partial charge in [-0.3, -0.25) is 9.59 Å². The van der Waals surface area contributed by atoms with Crippen LogP contribution >= 0.6 is 0 Å². The summed E-state index contributed by atoms with van der Waals surface area (Å²) in [6.07, 6.45) is 2.84. The van der Waals surface area contributed by atoms with Crippen LogP contribution in [0.5, 0.6) is 0 Å². The molecule has 3 nitrogen and oxygen atoms in total. The van der Waals surface area contributed by atoms with Crippen molar-refractivity contribution in [2.45, 2.75) is 31.6 Å². The zero-order valence-electron chi connectivity index (χ0n) is 9.11. The largest absolute Gasteiger partial charge is 0.369 e. The normalized spacial score (nSPS) is 20.0. The van der Waals surface area contributed by atoms with Crippen molar-refractivity contribution in [1.29, 1.82) is 0 Å². The van der Waals surface area contributed by atoms with Crippen LogP contribution in [-0.4, -0.2) is 11.7 Å². The van der Waals surface area contributed by atoms with Crippen molar-refractivity contribution in [1.82, 2.24) is 0 Å². The van der Waals surface area contributed by atoms with E-state index in [4.69, 9.17) is 5.73 Å². The fourth-order valence-corrected chi connectivity index (χ4v) is 2.29. The highest BCUT2D eigenvalue weighted by Crippen LogP contribution is 2.31. The van der Waals surface area contributed by atoms with Gasteiger partial charge in [-0.05, 0) is 24.0 Å². The van der Waals surface area contributed by atoms with Gasteiger partial charge in [-0.1, -0.05) is 24.3 Å². The van der Waals surface area contributed by atoms with Gasteiger partial charge in [0.2, 0.25) is 5.91 Å². The maximum Gasteiger partial charge on any atom is 0.221 e. The molecule has 0 spiro atoms. The number of Topliss-reactive ketones (excluding diaryl/α,β-unsaturated/α-hetero) is 1. The Morgan fingerprint density at radius 1 is 1.44 bits per heavy atom. The van der Waals surface area contributed by atoms with Gasteiger partial charge in [0.15, 0.2) is 0 Å². The molecule has 16 heavy (non-hydrogen) atoms.